The van der Waals surface area contributed by atoms with Crippen molar-refractivity contribution < 1.29 is 0 Å². The molecule has 0 fully saturated rings. The van der Waals surface area contributed by atoms with Crippen molar-refractivity contribution in [3.63, 3.8) is 0 Å². The molecule has 0 amide bonds. The van der Waals surface area contributed by atoms with E-state index in [-0.39, 0.29) is 0 Å². The van der Waals surface area contributed by atoms with Crippen LogP contribution in [0.4, 0.5) is 5.69 Å². The SMILES string of the molecule is Cc1cc(C)cc(N(C)Cc2ccnc(C#N)c2)c1. The van der Waals surface area contributed by atoms with Crippen LogP contribution in [0.15, 0.2) is 36.5 Å². The van der Waals surface area contributed by atoms with Crippen LogP contribution in [0.25, 0.3) is 0 Å². The molecule has 0 atom stereocenters. The van der Waals surface area contributed by atoms with E-state index in [1.807, 2.05) is 12.1 Å². The number of aryl methyl sites for hydroxylation is 2. The van der Waals surface area contributed by atoms with E-state index in [4.69, 9.17) is 5.26 Å². The number of rotatable bonds is 3. The fourth-order valence-electron chi connectivity index (χ4n) is 2.17. The Bertz CT molecular complexity index is 606. The van der Waals surface area contributed by atoms with Gasteiger partial charge in [-0.1, -0.05) is 6.07 Å². The van der Waals surface area contributed by atoms with Crippen LogP contribution < -0.4 is 4.90 Å². The van der Waals surface area contributed by atoms with Gasteiger partial charge in [-0.2, -0.15) is 5.26 Å². The van der Waals surface area contributed by atoms with Crippen molar-refractivity contribution in [2.24, 2.45) is 0 Å². The number of pyridine rings is 1. The number of hydrogen-bond acceptors (Lipinski definition) is 3. The Morgan fingerprint density at radius 2 is 1.84 bits per heavy atom. The van der Waals surface area contributed by atoms with Gasteiger partial charge in [-0.05, 0) is 54.8 Å². The highest BCUT2D eigenvalue weighted by atomic mass is 15.1. The molecule has 1 aromatic heterocycles. The number of nitriles is 1. The third kappa shape index (κ3) is 3.32. The molecule has 1 aromatic carbocycles. The van der Waals surface area contributed by atoms with E-state index in [1.165, 1.54) is 16.8 Å². The normalized spacial score (nSPS) is 10.0. The number of nitrogens with zero attached hydrogens (tertiary/aromatic N) is 3. The predicted octanol–water partition coefficient (Wildman–Crippen LogP) is 3.21. The van der Waals surface area contributed by atoms with Crippen molar-refractivity contribution in [3.05, 3.63) is 58.9 Å². The maximum absolute atomic E-state index is 8.86. The lowest BCUT2D eigenvalue weighted by atomic mass is 10.1. The van der Waals surface area contributed by atoms with E-state index >= 15 is 0 Å². The van der Waals surface area contributed by atoms with Gasteiger partial charge in [-0.15, -0.1) is 0 Å². The summed E-state index contributed by atoms with van der Waals surface area (Å²) in [5.41, 5.74) is 5.26. The molecular formula is C16H17N3. The van der Waals surface area contributed by atoms with Crippen LogP contribution >= 0.6 is 0 Å². The Hall–Kier alpha value is -2.34. The molecule has 0 bridgehead atoms. The molecule has 0 saturated heterocycles. The maximum atomic E-state index is 8.86. The first kappa shape index (κ1) is 13.1. The molecule has 0 radical (unpaired) electrons. The molecule has 0 spiro atoms. The molecule has 2 aromatic rings. The number of benzene rings is 1. The molecule has 2 rings (SSSR count). The molecule has 19 heavy (non-hydrogen) atoms. The molecule has 0 aliphatic rings. The monoisotopic (exact) mass is 251 g/mol. The van der Waals surface area contributed by atoms with Crippen molar-refractivity contribution >= 4 is 5.69 Å². The molecule has 0 aliphatic carbocycles. The van der Waals surface area contributed by atoms with Gasteiger partial charge in [0.05, 0.1) is 0 Å². The third-order valence-electron chi connectivity index (χ3n) is 3.01. The van der Waals surface area contributed by atoms with Gasteiger partial charge < -0.3 is 4.90 Å². The van der Waals surface area contributed by atoms with E-state index in [1.54, 1.807) is 6.20 Å². The Morgan fingerprint density at radius 1 is 1.16 bits per heavy atom. The van der Waals surface area contributed by atoms with E-state index in [0.29, 0.717) is 5.69 Å². The number of hydrogen-bond donors (Lipinski definition) is 0. The van der Waals surface area contributed by atoms with Crippen molar-refractivity contribution in [2.45, 2.75) is 20.4 Å². The summed E-state index contributed by atoms with van der Waals surface area (Å²) in [5, 5.41) is 8.86. The smallest absolute Gasteiger partial charge is 0.140 e. The fraction of sp³-hybridized carbons (Fsp3) is 0.250. The third-order valence-corrected chi connectivity index (χ3v) is 3.01. The van der Waals surface area contributed by atoms with Crippen molar-refractivity contribution in [3.8, 4) is 6.07 Å². The first-order valence-corrected chi connectivity index (χ1v) is 6.23. The van der Waals surface area contributed by atoms with Crippen molar-refractivity contribution in [1.82, 2.24) is 4.98 Å². The van der Waals surface area contributed by atoms with E-state index in [9.17, 15) is 0 Å². The van der Waals surface area contributed by atoms with Gasteiger partial charge in [0.25, 0.3) is 0 Å². The molecule has 3 heteroatoms. The minimum atomic E-state index is 0.464. The molecule has 0 N–H and O–H groups in total. The maximum Gasteiger partial charge on any atom is 0.140 e. The second-order valence-corrected chi connectivity index (χ2v) is 4.86. The Kier molecular flexibility index (Phi) is 3.82. The highest BCUT2D eigenvalue weighted by molar-refractivity contribution is 5.50. The number of anilines is 1. The second kappa shape index (κ2) is 5.53. The van der Waals surface area contributed by atoms with Crippen LogP contribution in [0.5, 0.6) is 0 Å². The van der Waals surface area contributed by atoms with Crippen molar-refractivity contribution in [2.75, 3.05) is 11.9 Å². The van der Waals surface area contributed by atoms with E-state index < -0.39 is 0 Å². The van der Waals surface area contributed by atoms with Crippen LogP contribution in [0.1, 0.15) is 22.4 Å². The summed E-state index contributed by atoms with van der Waals surface area (Å²) in [4.78, 5) is 6.16. The summed E-state index contributed by atoms with van der Waals surface area (Å²) in [6, 6.07) is 12.3. The zero-order valence-corrected chi connectivity index (χ0v) is 11.5. The summed E-state index contributed by atoms with van der Waals surface area (Å²) in [5.74, 6) is 0. The highest BCUT2D eigenvalue weighted by Crippen LogP contribution is 2.19. The lowest BCUT2D eigenvalue weighted by Gasteiger charge is -2.20. The molecule has 1 heterocycles. The minimum absolute atomic E-state index is 0.464. The average Bonchev–Trinajstić information content (AvgIpc) is 2.37. The zero-order chi connectivity index (χ0) is 13.8. The molecule has 0 saturated carbocycles. The minimum Gasteiger partial charge on any atom is -0.370 e. The average molecular weight is 251 g/mol. The van der Waals surface area contributed by atoms with Gasteiger partial charge in [0.1, 0.15) is 11.8 Å². The van der Waals surface area contributed by atoms with Crippen LogP contribution in [0, 0.1) is 25.2 Å². The fourth-order valence-corrected chi connectivity index (χ4v) is 2.17. The van der Waals surface area contributed by atoms with Crippen LogP contribution in [-0.4, -0.2) is 12.0 Å². The summed E-state index contributed by atoms with van der Waals surface area (Å²) in [6.45, 7) is 4.97. The van der Waals surface area contributed by atoms with Gasteiger partial charge in [-0.25, -0.2) is 4.98 Å². The second-order valence-electron chi connectivity index (χ2n) is 4.86. The van der Waals surface area contributed by atoms with Gasteiger partial charge in [-0.3, -0.25) is 0 Å². The van der Waals surface area contributed by atoms with Gasteiger partial charge in [0.15, 0.2) is 0 Å². The van der Waals surface area contributed by atoms with Crippen molar-refractivity contribution in [1.29, 1.82) is 5.26 Å². The van der Waals surface area contributed by atoms with Gasteiger partial charge in [0, 0.05) is 25.5 Å². The zero-order valence-electron chi connectivity index (χ0n) is 11.5. The first-order chi connectivity index (χ1) is 9.08. The molecule has 0 aliphatic heterocycles. The lowest BCUT2D eigenvalue weighted by molar-refractivity contribution is 0.916. The van der Waals surface area contributed by atoms with E-state index in [2.05, 4.69) is 55.0 Å². The highest BCUT2D eigenvalue weighted by Gasteiger charge is 2.04. The van der Waals surface area contributed by atoms with Crippen LogP contribution in [0.2, 0.25) is 0 Å². The Balaban J connectivity index is 2.20. The standard InChI is InChI=1S/C16H17N3/c1-12-6-13(2)8-16(7-12)19(3)11-14-4-5-18-15(9-14)10-17/h4-9H,11H2,1-3H3. The molecular weight excluding hydrogens is 234 g/mol. The summed E-state index contributed by atoms with van der Waals surface area (Å²) in [7, 11) is 2.06. The first-order valence-electron chi connectivity index (χ1n) is 6.23. The van der Waals surface area contributed by atoms with Crippen LogP contribution in [0.3, 0.4) is 0 Å². The number of aromatic nitrogens is 1. The Labute approximate surface area is 114 Å². The Morgan fingerprint density at radius 3 is 2.47 bits per heavy atom. The van der Waals surface area contributed by atoms with Crippen LogP contribution in [-0.2, 0) is 6.54 Å². The summed E-state index contributed by atoms with van der Waals surface area (Å²) < 4.78 is 0. The summed E-state index contributed by atoms with van der Waals surface area (Å²) >= 11 is 0. The largest absolute Gasteiger partial charge is 0.370 e. The van der Waals surface area contributed by atoms with E-state index in [0.717, 1.165) is 12.1 Å². The topological polar surface area (TPSA) is 39.9 Å². The molecule has 3 nitrogen and oxygen atoms in total. The molecule has 0 unspecified atom stereocenters. The quantitative estimate of drug-likeness (QED) is 0.841. The lowest BCUT2D eigenvalue weighted by Crippen LogP contribution is -2.16. The summed E-state index contributed by atoms with van der Waals surface area (Å²) in [6.07, 6.45) is 1.68. The van der Waals surface area contributed by atoms with Gasteiger partial charge >= 0.3 is 0 Å². The molecule has 96 valence electrons. The van der Waals surface area contributed by atoms with Gasteiger partial charge in [0.2, 0.25) is 0 Å². The predicted molar refractivity (Wildman–Crippen MR) is 77.0 cm³/mol.